The minimum Gasteiger partial charge on any atom is -0.308 e. The molecule has 0 saturated heterocycles. The van der Waals surface area contributed by atoms with Gasteiger partial charge in [-0.2, -0.15) is 0 Å². The maximum atomic E-state index is 5.11. The Morgan fingerprint density at radius 3 is 2.11 bits per heavy atom. The minimum atomic E-state index is 0.696. The lowest BCUT2D eigenvalue weighted by atomic mass is 9.97. The zero-order valence-electron chi connectivity index (χ0n) is 29.1. The van der Waals surface area contributed by atoms with Crippen LogP contribution in [0.4, 0.5) is 0 Å². The van der Waals surface area contributed by atoms with Crippen molar-refractivity contribution in [2.24, 2.45) is 0 Å². The smallest absolute Gasteiger partial charge is 0.160 e. The molecule has 4 heteroatoms. The summed E-state index contributed by atoms with van der Waals surface area (Å²) in [4.78, 5) is 10.1. The Hall–Kier alpha value is -6.62. The Kier molecular flexibility index (Phi) is 7.38. The Balaban J connectivity index is 1.25. The third-order valence-corrected chi connectivity index (χ3v) is 11.5. The van der Waals surface area contributed by atoms with Crippen LogP contribution in [0.3, 0.4) is 0 Å². The number of hydrogen-bond donors (Lipinski definition) is 0. The number of nitrogens with zero attached hydrogens (tertiary/aromatic N) is 3. The maximum absolute atomic E-state index is 5.11. The number of aromatic nitrogens is 3. The predicted molar refractivity (Wildman–Crippen MR) is 228 cm³/mol. The van der Waals surface area contributed by atoms with Gasteiger partial charge in [-0.05, 0) is 64.4 Å². The Bertz CT molecular complexity index is 3120. The zero-order chi connectivity index (χ0) is 35.5. The number of thiophene rings is 1. The van der Waals surface area contributed by atoms with Crippen molar-refractivity contribution in [1.82, 2.24) is 14.5 Å². The molecule has 10 rings (SSSR count). The van der Waals surface area contributed by atoms with E-state index in [4.69, 9.17) is 9.97 Å². The summed E-state index contributed by atoms with van der Waals surface area (Å²) in [6.45, 7) is 5.90. The first-order chi connectivity index (χ1) is 26.2. The Morgan fingerprint density at radius 2 is 1.34 bits per heavy atom. The van der Waals surface area contributed by atoms with Crippen molar-refractivity contribution >= 4 is 80.4 Å². The highest BCUT2D eigenvalue weighted by molar-refractivity contribution is 7.27. The molecule has 53 heavy (non-hydrogen) atoms. The summed E-state index contributed by atoms with van der Waals surface area (Å²) < 4.78 is 5.10. The highest BCUT2D eigenvalue weighted by Gasteiger charge is 2.23. The normalized spacial score (nSPS) is 12.4. The summed E-state index contributed by atoms with van der Waals surface area (Å²) in [5, 5.41) is 10.3. The maximum Gasteiger partial charge on any atom is 0.160 e. The molecule has 0 spiro atoms. The second-order valence-corrected chi connectivity index (χ2v) is 14.4. The van der Waals surface area contributed by atoms with Gasteiger partial charge < -0.3 is 4.57 Å². The summed E-state index contributed by atoms with van der Waals surface area (Å²) in [7, 11) is 0. The molecule has 0 N–H and O–H groups in total. The summed E-state index contributed by atoms with van der Waals surface area (Å²) in [5.41, 5.74) is 8.32. The molecule has 0 bridgehead atoms. The van der Waals surface area contributed by atoms with Crippen LogP contribution in [-0.4, -0.2) is 14.5 Å². The first kappa shape index (κ1) is 31.1. The molecule has 0 saturated carbocycles. The van der Waals surface area contributed by atoms with E-state index in [1.54, 1.807) is 6.08 Å². The van der Waals surface area contributed by atoms with E-state index in [-0.39, 0.29) is 0 Å². The van der Waals surface area contributed by atoms with Crippen LogP contribution in [0.25, 0.3) is 97.4 Å². The number of benzene rings is 7. The third kappa shape index (κ3) is 4.95. The van der Waals surface area contributed by atoms with Gasteiger partial charge in [0.2, 0.25) is 0 Å². The number of rotatable bonds is 6. The van der Waals surface area contributed by atoms with Gasteiger partial charge in [0.25, 0.3) is 0 Å². The van der Waals surface area contributed by atoms with Gasteiger partial charge in [0.15, 0.2) is 5.82 Å². The van der Waals surface area contributed by atoms with Gasteiger partial charge in [-0.25, -0.2) is 9.97 Å². The fraction of sp³-hybridized carbons (Fsp3) is 0.0204. The SMILES string of the molecule is C=C/C=C\C(=C/C)c1cc(-c2ccc(-n3c4ccc5ccccc5c4c4c5ccccc5c5c6ccccc6sc5c43)cc2)nc(-c2ccccc2)n1. The largest absolute Gasteiger partial charge is 0.308 e. The van der Waals surface area contributed by atoms with Crippen LogP contribution in [0.1, 0.15) is 12.6 Å². The Morgan fingerprint density at radius 1 is 0.642 bits per heavy atom. The molecule has 250 valence electrons. The highest BCUT2D eigenvalue weighted by atomic mass is 32.1. The third-order valence-electron chi connectivity index (χ3n) is 10.3. The first-order valence-electron chi connectivity index (χ1n) is 17.9. The average molecular weight is 696 g/mol. The van der Waals surface area contributed by atoms with E-state index in [9.17, 15) is 0 Å². The Labute approximate surface area is 311 Å². The van der Waals surface area contributed by atoms with E-state index in [0.29, 0.717) is 5.82 Å². The minimum absolute atomic E-state index is 0.696. The van der Waals surface area contributed by atoms with Crippen LogP contribution in [0, 0.1) is 0 Å². The van der Waals surface area contributed by atoms with E-state index < -0.39 is 0 Å². The lowest BCUT2D eigenvalue weighted by molar-refractivity contribution is 1.15. The number of fused-ring (bicyclic) bond motifs is 12. The fourth-order valence-electron chi connectivity index (χ4n) is 7.95. The molecule has 0 aliphatic rings. The van der Waals surface area contributed by atoms with Crippen LogP contribution in [-0.2, 0) is 0 Å². The molecule has 3 aromatic heterocycles. The van der Waals surface area contributed by atoms with Gasteiger partial charge in [-0.15, -0.1) is 11.3 Å². The molecule has 0 radical (unpaired) electrons. The fourth-order valence-corrected chi connectivity index (χ4v) is 9.20. The van der Waals surface area contributed by atoms with Gasteiger partial charge in [0.05, 0.1) is 27.1 Å². The average Bonchev–Trinajstić information content (AvgIpc) is 3.79. The van der Waals surface area contributed by atoms with Crippen LogP contribution < -0.4 is 0 Å². The summed E-state index contributed by atoms with van der Waals surface area (Å²) in [6, 6.07) is 52.3. The van der Waals surface area contributed by atoms with Crippen LogP contribution in [0.15, 0.2) is 176 Å². The lowest BCUT2D eigenvalue weighted by Gasteiger charge is -2.12. The van der Waals surface area contributed by atoms with Crippen molar-refractivity contribution in [3.63, 3.8) is 0 Å². The molecule has 0 amide bonds. The quantitative estimate of drug-likeness (QED) is 0.162. The topological polar surface area (TPSA) is 30.7 Å². The number of allylic oxidation sites excluding steroid dienone is 5. The summed E-state index contributed by atoms with van der Waals surface area (Å²) in [5.74, 6) is 0.696. The van der Waals surface area contributed by atoms with Crippen molar-refractivity contribution in [3.8, 4) is 28.3 Å². The van der Waals surface area contributed by atoms with E-state index in [2.05, 4.69) is 145 Å². The van der Waals surface area contributed by atoms with Crippen molar-refractivity contribution in [1.29, 1.82) is 0 Å². The molecule has 0 atom stereocenters. The first-order valence-corrected chi connectivity index (χ1v) is 18.7. The van der Waals surface area contributed by atoms with Crippen molar-refractivity contribution in [2.45, 2.75) is 6.92 Å². The summed E-state index contributed by atoms with van der Waals surface area (Å²) in [6.07, 6.45) is 7.85. The van der Waals surface area contributed by atoms with Gasteiger partial charge in [-0.1, -0.05) is 146 Å². The zero-order valence-corrected chi connectivity index (χ0v) is 29.9. The van der Waals surface area contributed by atoms with Crippen molar-refractivity contribution in [3.05, 3.63) is 182 Å². The van der Waals surface area contributed by atoms with E-state index in [1.165, 1.54) is 63.5 Å². The van der Waals surface area contributed by atoms with Gasteiger partial charge in [-0.3, -0.25) is 0 Å². The molecular weight excluding hydrogens is 663 g/mol. The monoisotopic (exact) mass is 695 g/mol. The van der Waals surface area contributed by atoms with Gasteiger partial charge in [0.1, 0.15) is 0 Å². The van der Waals surface area contributed by atoms with Crippen LogP contribution >= 0.6 is 11.3 Å². The molecule has 3 nitrogen and oxygen atoms in total. The molecule has 0 aliphatic carbocycles. The molecule has 0 unspecified atom stereocenters. The van der Waals surface area contributed by atoms with Crippen LogP contribution in [0.2, 0.25) is 0 Å². The lowest BCUT2D eigenvalue weighted by Crippen LogP contribution is -1.98. The van der Waals surface area contributed by atoms with E-state index in [1.807, 2.05) is 48.6 Å². The van der Waals surface area contributed by atoms with E-state index >= 15 is 0 Å². The van der Waals surface area contributed by atoms with Crippen molar-refractivity contribution < 1.29 is 0 Å². The standard InChI is InChI=1S/C49H33N3S/c1-3-5-15-31(4-2)40-30-41(51-49(50-40)34-17-7-6-8-18-34)33-24-27-35(28-25-33)52-42-29-26-32-16-9-10-19-36(32)45(42)46-38-21-12-11-20-37(38)44-39-22-13-14-23-43(39)53-48(44)47(46)52/h3-30H,1H2,2H3/b15-5-,31-4+. The second-order valence-electron chi connectivity index (χ2n) is 13.3. The molecule has 7 aromatic carbocycles. The van der Waals surface area contributed by atoms with Gasteiger partial charge >= 0.3 is 0 Å². The highest BCUT2D eigenvalue weighted by Crippen LogP contribution is 2.49. The van der Waals surface area contributed by atoms with Crippen LogP contribution in [0.5, 0.6) is 0 Å². The number of hydrogen-bond acceptors (Lipinski definition) is 3. The van der Waals surface area contributed by atoms with E-state index in [0.717, 1.165) is 33.8 Å². The molecule has 0 fully saturated rings. The second kappa shape index (κ2) is 12.6. The summed E-state index contributed by atoms with van der Waals surface area (Å²) >= 11 is 1.89. The van der Waals surface area contributed by atoms with Gasteiger partial charge in [0, 0.05) is 43.1 Å². The molecule has 0 aliphatic heterocycles. The molecule has 10 aromatic rings. The molecular formula is C49H33N3S. The molecule has 3 heterocycles. The predicted octanol–water partition coefficient (Wildman–Crippen LogP) is 13.7. The van der Waals surface area contributed by atoms with Crippen molar-refractivity contribution in [2.75, 3.05) is 0 Å².